The summed E-state index contributed by atoms with van der Waals surface area (Å²) in [6.07, 6.45) is 0.600. The summed E-state index contributed by atoms with van der Waals surface area (Å²) in [7, 11) is -3.66. The second kappa shape index (κ2) is 8.09. The van der Waals surface area contributed by atoms with Crippen molar-refractivity contribution >= 4 is 27.4 Å². The van der Waals surface area contributed by atoms with Gasteiger partial charge >= 0.3 is 0 Å². The average Bonchev–Trinajstić information content (AvgIpc) is 3.22. The van der Waals surface area contributed by atoms with E-state index in [-0.39, 0.29) is 28.6 Å². The monoisotopic (exact) mass is 462 g/mol. The molecule has 9 heteroatoms. The van der Waals surface area contributed by atoms with Gasteiger partial charge < -0.3 is 14.8 Å². The Morgan fingerprint density at radius 1 is 1.03 bits per heavy atom. The average molecular weight is 463 g/mol. The summed E-state index contributed by atoms with van der Waals surface area (Å²) in [5.41, 5.74) is 0.571. The van der Waals surface area contributed by atoms with Gasteiger partial charge in [0.15, 0.2) is 17.3 Å². The number of nitrogens with zero attached hydrogens (tertiary/aromatic N) is 1. The van der Waals surface area contributed by atoms with Crippen molar-refractivity contribution in [3.8, 4) is 11.5 Å². The largest absolute Gasteiger partial charge is 0.486 e. The highest BCUT2D eigenvalue weighted by Crippen LogP contribution is 2.37. The quantitative estimate of drug-likeness (QED) is 0.703. The molecule has 5 rings (SSSR count). The molecule has 2 saturated heterocycles. The minimum absolute atomic E-state index is 0.00547. The summed E-state index contributed by atoms with van der Waals surface area (Å²) in [6, 6.07) is 11.3. The normalized spacial score (nSPS) is 25.8. The number of piperidine rings is 1. The van der Waals surface area contributed by atoms with Crippen molar-refractivity contribution in [2.24, 2.45) is 11.8 Å². The van der Waals surface area contributed by atoms with E-state index >= 15 is 0 Å². The minimum Gasteiger partial charge on any atom is -0.486 e. The molecular formula is C22H23ClN2O5S. The third-order valence-electron chi connectivity index (χ3n) is 6.28. The Kier molecular flexibility index (Phi) is 5.42. The number of fused-ring (bicyclic) bond motifs is 2. The number of halogens is 1. The summed E-state index contributed by atoms with van der Waals surface area (Å²) in [5, 5.41) is 3.84. The predicted octanol–water partition coefficient (Wildman–Crippen LogP) is 2.59. The van der Waals surface area contributed by atoms with E-state index < -0.39 is 10.0 Å². The van der Waals surface area contributed by atoms with Crippen LogP contribution in [-0.2, 0) is 10.0 Å². The molecule has 0 spiro atoms. The third kappa shape index (κ3) is 3.93. The molecular weight excluding hydrogens is 440 g/mol. The highest BCUT2D eigenvalue weighted by atomic mass is 35.5. The number of hydrogen-bond acceptors (Lipinski definition) is 6. The number of Topliss-reactive ketones (excluding diaryl/α,β-unsaturated/α-hetero) is 1. The first-order chi connectivity index (χ1) is 14.9. The number of hydrogen-bond donors (Lipinski definition) is 1. The maximum absolute atomic E-state index is 13.3. The zero-order valence-electron chi connectivity index (χ0n) is 16.8. The first-order valence-corrected chi connectivity index (χ1v) is 12.2. The fraction of sp³-hybridized carbons (Fsp3) is 0.409. The molecule has 7 nitrogen and oxygen atoms in total. The Bertz CT molecular complexity index is 1120. The van der Waals surface area contributed by atoms with Crippen LogP contribution in [-0.4, -0.2) is 57.4 Å². The Labute approximate surface area is 186 Å². The molecule has 0 saturated carbocycles. The SMILES string of the molecule is O=C(c1cccc(Cl)c1)C1CC2CN(S(=O)(=O)c3ccc4c(c3)OCCO4)CC2CN1. The lowest BCUT2D eigenvalue weighted by atomic mass is 9.83. The summed E-state index contributed by atoms with van der Waals surface area (Å²) in [4.78, 5) is 13.1. The number of carbonyl (C=O) groups is 1. The minimum atomic E-state index is -3.66. The van der Waals surface area contributed by atoms with Crippen LogP contribution in [0.4, 0.5) is 0 Å². The molecule has 2 aromatic carbocycles. The van der Waals surface area contributed by atoms with Crippen molar-refractivity contribution in [1.82, 2.24) is 9.62 Å². The standard InChI is InChI=1S/C22H23ClN2O5S/c23-17-3-1-2-14(8-17)22(26)19-9-15-12-25(13-16(15)11-24-19)31(27,28)18-4-5-20-21(10-18)30-7-6-29-20/h1-5,8,10,15-16,19,24H,6-7,9,11-13H2. The number of nitrogens with one attached hydrogen (secondary N) is 1. The van der Waals surface area contributed by atoms with Gasteiger partial charge in [-0.3, -0.25) is 4.79 Å². The molecule has 0 aromatic heterocycles. The van der Waals surface area contributed by atoms with Gasteiger partial charge in [-0.15, -0.1) is 0 Å². The Balaban J connectivity index is 1.31. The Morgan fingerprint density at radius 3 is 2.61 bits per heavy atom. The van der Waals surface area contributed by atoms with Gasteiger partial charge in [-0.05, 0) is 42.5 Å². The Hall–Kier alpha value is -2.13. The molecule has 3 aliphatic heterocycles. The molecule has 0 amide bonds. The summed E-state index contributed by atoms with van der Waals surface area (Å²) in [5.74, 6) is 1.32. The van der Waals surface area contributed by atoms with Crippen LogP contribution in [0.1, 0.15) is 16.8 Å². The number of ether oxygens (including phenoxy) is 2. The molecule has 2 fully saturated rings. The topological polar surface area (TPSA) is 84.9 Å². The fourth-order valence-electron chi connectivity index (χ4n) is 4.65. The van der Waals surface area contributed by atoms with Crippen molar-refractivity contribution in [2.75, 3.05) is 32.8 Å². The lowest BCUT2D eigenvalue weighted by Crippen LogP contribution is -2.47. The van der Waals surface area contributed by atoms with Crippen LogP contribution in [0.25, 0.3) is 0 Å². The highest BCUT2D eigenvalue weighted by molar-refractivity contribution is 7.89. The second-order valence-corrected chi connectivity index (χ2v) is 10.6. The van der Waals surface area contributed by atoms with E-state index in [4.69, 9.17) is 21.1 Å². The van der Waals surface area contributed by atoms with Gasteiger partial charge in [0.1, 0.15) is 13.2 Å². The van der Waals surface area contributed by atoms with E-state index in [2.05, 4.69) is 5.32 Å². The molecule has 1 N–H and O–H groups in total. The van der Waals surface area contributed by atoms with Gasteiger partial charge in [-0.1, -0.05) is 23.7 Å². The van der Waals surface area contributed by atoms with Crippen LogP contribution in [0.2, 0.25) is 5.02 Å². The molecule has 3 unspecified atom stereocenters. The van der Waals surface area contributed by atoms with Crippen LogP contribution < -0.4 is 14.8 Å². The molecule has 0 bridgehead atoms. The van der Waals surface area contributed by atoms with Crippen molar-refractivity contribution in [3.05, 3.63) is 53.1 Å². The molecule has 2 aromatic rings. The first-order valence-electron chi connectivity index (χ1n) is 10.3. The number of benzene rings is 2. The van der Waals surface area contributed by atoms with Gasteiger partial charge in [0.05, 0.1) is 10.9 Å². The smallest absolute Gasteiger partial charge is 0.243 e. The highest BCUT2D eigenvalue weighted by Gasteiger charge is 2.43. The van der Waals surface area contributed by atoms with Gasteiger partial charge in [0.2, 0.25) is 10.0 Å². The van der Waals surface area contributed by atoms with Crippen molar-refractivity contribution < 1.29 is 22.7 Å². The zero-order valence-corrected chi connectivity index (χ0v) is 18.4. The van der Waals surface area contributed by atoms with E-state index in [1.54, 1.807) is 36.4 Å². The number of sulfonamides is 1. The maximum Gasteiger partial charge on any atom is 0.243 e. The lowest BCUT2D eigenvalue weighted by molar-refractivity contribution is 0.0897. The molecule has 0 radical (unpaired) electrons. The maximum atomic E-state index is 13.3. The van der Waals surface area contributed by atoms with Crippen LogP contribution in [0.3, 0.4) is 0 Å². The lowest BCUT2D eigenvalue weighted by Gasteiger charge is -2.31. The summed E-state index contributed by atoms with van der Waals surface area (Å²) in [6.45, 7) is 2.30. The fourth-order valence-corrected chi connectivity index (χ4v) is 6.41. The van der Waals surface area contributed by atoms with E-state index in [1.165, 1.54) is 10.4 Å². The summed E-state index contributed by atoms with van der Waals surface area (Å²) >= 11 is 6.03. The second-order valence-electron chi connectivity index (χ2n) is 8.22. The number of rotatable bonds is 4. The molecule has 3 aliphatic rings. The van der Waals surface area contributed by atoms with Crippen molar-refractivity contribution in [3.63, 3.8) is 0 Å². The molecule has 3 heterocycles. The van der Waals surface area contributed by atoms with Crippen LogP contribution in [0.5, 0.6) is 11.5 Å². The first kappa shape index (κ1) is 20.8. The van der Waals surface area contributed by atoms with Crippen molar-refractivity contribution in [1.29, 1.82) is 0 Å². The predicted molar refractivity (Wildman–Crippen MR) is 115 cm³/mol. The summed E-state index contributed by atoms with van der Waals surface area (Å²) < 4.78 is 39.1. The van der Waals surface area contributed by atoms with Crippen LogP contribution in [0.15, 0.2) is 47.4 Å². The molecule has 164 valence electrons. The van der Waals surface area contributed by atoms with E-state index in [9.17, 15) is 13.2 Å². The van der Waals surface area contributed by atoms with Crippen LogP contribution >= 0.6 is 11.6 Å². The van der Waals surface area contributed by atoms with Gasteiger partial charge in [0.25, 0.3) is 0 Å². The van der Waals surface area contributed by atoms with Gasteiger partial charge in [-0.2, -0.15) is 4.31 Å². The van der Waals surface area contributed by atoms with Gasteiger partial charge in [-0.25, -0.2) is 8.42 Å². The van der Waals surface area contributed by atoms with Crippen LogP contribution in [0, 0.1) is 11.8 Å². The number of ketones is 1. The molecule has 3 atom stereocenters. The molecule has 31 heavy (non-hydrogen) atoms. The van der Waals surface area contributed by atoms with Gasteiger partial charge in [0, 0.05) is 36.3 Å². The third-order valence-corrected chi connectivity index (χ3v) is 8.35. The van der Waals surface area contributed by atoms with E-state index in [0.29, 0.717) is 61.4 Å². The van der Waals surface area contributed by atoms with Crippen molar-refractivity contribution in [2.45, 2.75) is 17.4 Å². The van der Waals surface area contributed by atoms with E-state index in [1.807, 2.05) is 0 Å². The van der Waals surface area contributed by atoms with E-state index in [0.717, 1.165) is 0 Å². The zero-order chi connectivity index (χ0) is 21.6. The molecule has 0 aliphatic carbocycles. The number of carbonyl (C=O) groups excluding carboxylic acids is 1. The Morgan fingerprint density at radius 2 is 1.81 bits per heavy atom.